The molecule has 0 aliphatic rings. The fraction of sp³-hybridized carbons (Fsp3) is 0.941. The Labute approximate surface area is 255 Å². The average Bonchev–Trinajstić information content (AvgIpc) is 2.89. The zero-order valence-corrected chi connectivity index (χ0v) is 25.9. The van der Waals surface area contributed by atoms with Crippen LogP contribution in [0.15, 0.2) is 0 Å². The lowest BCUT2D eigenvalue weighted by Crippen LogP contribution is -1.93. The molecule has 0 aromatic rings. The molecule has 0 fully saturated rings. The minimum atomic E-state index is -0.655. The van der Waals surface area contributed by atoms with Gasteiger partial charge in [0.15, 0.2) is 17.4 Å². The Morgan fingerprint density at radius 2 is 0.487 bits per heavy atom. The van der Waals surface area contributed by atoms with Crippen molar-refractivity contribution in [3.05, 3.63) is 0 Å². The maximum atomic E-state index is 10.3. The molecule has 0 saturated heterocycles. The third-order valence-electron chi connectivity index (χ3n) is 7.49. The lowest BCUT2D eigenvalue weighted by molar-refractivity contribution is -0.138. The highest BCUT2D eigenvalue weighted by atomic mass is 27.0. The summed E-state index contributed by atoms with van der Waals surface area (Å²) in [5, 5.41) is 17.0. The highest BCUT2D eigenvalue weighted by molar-refractivity contribution is 5.75. The molecule has 0 aliphatic carbocycles. The van der Waals surface area contributed by atoms with Crippen LogP contribution >= 0.6 is 0 Å². The molecule has 0 atom stereocenters. The van der Waals surface area contributed by atoms with Gasteiger partial charge in [-0.25, -0.2) is 0 Å². The van der Waals surface area contributed by atoms with Crippen molar-refractivity contribution in [2.24, 2.45) is 0 Å². The molecule has 0 rings (SSSR count). The second kappa shape index (κ2) is 39.6. The summed E-state index contributed by atoms with van der Waals surface area (Å²) < 4.78 is 0. The smallest absolute Gasteiger partial charge is 0.303 e. The molecule has 0 spiro atoms. The number of hydrogen-bond acceptors (Lipinski definition) is 2. The molecule has 0 radical (unpaired) electrons. The minimum absolute atomic E-state index is 0. The summed E-state index contributed by atoms with van der Waals surface area (Å²) in [7, 11) is 0. The van der Waals surface area contributed by atoms with Crippen LogP contribution in [0.2, 0.25) is 0 Å². The summed E-state index contributed by atoms with van der Waals surface area (Å²) in [6.07, 6.45) is 37.5. The van der Waals surface area contributed by atoms with E-state index < -0.39 is 11.9 Å². The number of aliphatic carboxylic acids is 2. The summed E-state index contributed by atoms with van der Waals surface area (Å²) in [5.41, 5.74) is 0. The van der Waals surface area contributed by atoms with Crippen molar-refractivity contribution in [1.29, 1.82) is 0 Å². The van der Waals surface area contributed by atoms with Gasteiger partial charge in [-0.05, 0) is 12.8 Å². The predicted molar refractivity (Wildman–Crippen MR) is 175 cm³/mol. The zero-order chi connectivity index (χ0) is 28.4. The van der Waals surface area contributed by atoms with Gasteiger partial charge >= 0.3 is 11.9 Å². The van der Waals surface area contributed by atoms with E-state index in [4.69, 9.17) is 10.2 Å². The highest BCUT2D eigenvalue weighted by Crippen LogP contribution is 2.14. The Morgan fingerprint density at radius 3 is 0.641 bits per heavy atom. The second-order valence-corrected chi connectivity index (χ2v) is 11.5. The van der Waals surface area contributed by atoms with Gasteiger partial charge in [0.25, 0.3) is 0 Å². The summed E-state index contributed by atoms with van der Waals surface area (Å²) in [4.78, 5) is 20.6. The Balaban J connectivity index is -0.000000651. The molecule has 39 heavy (non-hydrogen) atoms. The monoisotopic (exact) mass is 571 g/mol. The topological polar surface area (TPSA) is 74.6 Å². The van der Waals surface area contributed by atoms with E-state index in [-0.39, 0.29) is 17.4 Å². The first-order valence-corrected chi connectivity index (χ1v) is 17.0. The van der Waals surface area contributed by atoms with Gasteiger partial charge in [-0.3, -0.25) is 9.59 Å². The number of carbonyl (C=O) groups is 2. The Kier molecular flexibility index (Phi) is 43.6. The second-order valence-electron chi connectivity index (χ2n) is 11.5. The van der Waals surface area contributed by atoms with Crippen molar-refractivity contribution >= 4 is 29.3 Å². The van der Waals surface area contributed by atoms with Crippen LogP contribution in [0.4, 0.5) is 0 Å². The third kappa shape index (κ3) is 47.6. The van der Waals surface area contributed by atoms with Gasteiger partial charge in [0.1, 0.15) is 0 Å². The first kappa shape index (κ1) is 42.9. The SMILES string of the molecule is CCCCCCCCCCCCCCCC(=O)O.CCCCCCCCCCCCCCCCCC(=O)O.[AlH3]. The van der Waals surface area contributed by atoms with Crippen LogP contribution in [0.1, 0.15) is 206 Å². The predicted octanol–water partition coefficient (Wildman–Crippen LogP) is 10.7. The minimum Gasteiger partial charge on any atom is -0.481 e. The summed E-state index contributed by atoms with van der Waals surface area (Å²) in [6, 6.07) is 0. The van der Waals surface area contributed by atoms with E-state index in [1.165, 1.54) is 154 Å². The molecule has 0 saturated carbocycles. The standard InChI is InChI=1S/C18H36O2.C16H32O2.Al.3H/c1-2-3-4-5-6-7-8-9-10-11-12-13-14-15-16-17-18(19)20;1-2-3-4-5-6-7-8-9-10-11-12-13-14-15-16(17)18;;;;/h2-17H2,1H3,(H,19,20);2-15H2,1H3,(H,17,18);;;;. The van der Waals surface area contributed by atoms with E-state index >= 15 is 0 Å². The third-order valence-corrected chi connectivity index (χ3v) is 7.49. The van der Waals surface area contributed by atoms with Crippen LogP contribution in [0.25, 0.3) is 0 Å². The first-order valence-electron chi connectivity index (χ1n) is 17.0. The Morgan fingerprint density at radius 1 is 0.333 bits per heavy atom. The number of unbranched alkanes of at least 4 members (excludes halogenated alkanes) is 26. The van der Waals surface area contributed by atoms with Crippen LogP contribution in [0.3, 0.4) is 0 Å². The molecular formula is C34H71AlO4. The van der Waals surface area contributed by atoms with Crippen molar-refractivity contribution in [2.75, 3.05) is 0 Å². The molecular weight excluding hydrogens is 499 g/mol. The van der Waals surface area contributed by atoms with Gasteiger partial charge in [0, 0.05) is 12.8 Å². The zero-order valence-electron chi connectivity index (χ0n) is 25.9. The summed E-state index contributed by atoms with van der Waals surface area (Å²) >= 11 is 0. The summed E-state index contributed by atoms with van der Waals surface area (Å²) in [5.74, 6) is -1.31. The Hall–Kier alpha value is -0.528. The van der Waals surface area contributed by atoms with Crippen LogP contribution < -0.4 is 0 Å². The first-order chi connectivity index (χ1) is 18.5. The number of carboxylic acids is 2. The molecule has 0 bridgehead atoms. The molecule has 234 valence electrons. The fourth-order valence-corrected chi connectivity index (χ4v) is 4.94. The van der Waals surface area contributed by atoms with Gasteiger partial charge in [-0.15, -0.1) is 0 Å². The van der Waals surface area contributed by atoms with Crippen LogP contribution in [0, 0.1) is 0 Å². The van der Waals surface area contributed by atoms with Crippen LogP contribution in [0.5, 0.6) is 0 Å². The maximum absolute atomic E-state index is 10.3. The van der Waals surface area contributed by atoms with Crippen molar-refractivity contribution in [3.8, 4) is 0 Å². The number of rotatable bonds is 30. The lowest BCUT2D eigenvalue weighted by atomic mass is 10.0. The number of hydrogen-bond donors (Lipinski definition) is 2. The van der Waals surface area contributed by atoms with Crippen molar-refractivity contribution < 1.29 is 19.8 Å². The molecule has 2 N–H and O–H groups in total. The molecule has 0 aromatic heterocycles. The van der Waals surface area contributed by atoms with E-state index in [9.17, 15) is 9.59 Å². The fourth-order valence-electron chi connectivity index (χ4n) is 4.94. The molecule has 4 nitrogen and oxygen atoms in total. The molecule has 0 heterocycles. The quantitative estimate of drug-likeness (QED) is 0.0665. The van der Waals surface area contributed by atoms with Gasteiger partial charge in [-0.1, -0.05) is 181 Å². The van der Waals surface area contributed by atoms with E-state index in [0.29, 0.717) is 12.8 Å². The van der Waals surface area contributed by atoms with Gasteiger partial charge in [0.05, 0.1) is 0 Å². The van der Waals surface area contributed by atoms with Gasteiger partial charge < -0.3 is 10.2 Å². The lowest BCUT2D eigenvalue weighted by Gasteiger charge is -2.03. The normalized spacial score (nSPS) is 10.5. The van der Waals surface area contributed by atoms with Crippen molar-refractivity contribution in [3.63, 3.8) is 0 Å². The maximum Gasteiger partial charge on any atom is 0.303 e. The van der Waals surface area contributed by atoms with Crippen molar-refractivity contribution in [1.82, 2.24) is 0 Å². The van der Waals surface area contributed by atoms with Gasteiger partial charge in [0.2, 0.25) is 0 Å². The molecule has 0 aromatic carbocycles. The van der Waals surface area contributed by atoms with Gasteiger partial charge in [-0.2, -0.15) is 0 Å². The molecule has 0 aliphatic heterocycles. The van der Waals surface area contributed by atoms with Crippen LogP contribution in [-0.2, 0) is 9.59 Å². The molecule has 5 heteroatoms. The van der Waals surface area contributed by atoms with Crippen LogP contribution in [-0.4, -0.2) is 39.5 Å². The molecule has 0 unspecified atom stereocenters. The van der Waals surface area contributed by atoms with E-state index in [1.54, 1.807) is 0 Å². The summed E-state index contributed by atoms with van der Waals surface area (Å²) in [6.45, 7) is 4.53. The van der Waals surface area contributed by atoms with E-state index in [0.717, 1.165) is 25.7 Å². The molecule has 0 amide bonds. The van der Waals surface area contributed by atoms with E-state index in [2.05, 4.69) is 13.8 Å². The average molecular weight is 571 g/mol. The van der Waals surface area contributed by atoms with E-state index in [1.807, 2.05) is 0 Å². The van der Waals surface area contributed by atoms with Crippen molar-refractivity contribution in [2.45, 2.75) is 206 Å². The highest BCUT2D eigenvalue weighted by Gasteiger charge is 1.98. The largest absolute Gasteiger partial charge is 0.481 e. The Bertz CT molecular complexity index is 470. The number of carboxylic acid groups (broad SMARTS) is 2.